The molecule has 2 atom stereocenters. The van der Waals surface area contributed by atoms with E-state index in [4.69, 9.17) is 14.6 Å². The number of hydrogen-bond donors (Lipinski definition) is 1. The van der Waals surface area contributed by atoms with Crippen molar-refractivity contribution in [1.82, 2.24) is 4.90 Å². The first kappa shape index (κ1) is 17.3. The molecule has 1 saturated heterocycles. The molecular formula is C17H23NO5. The summed E-state index contributed by atoms with van der Waals surface area (Å²) in [5.74, 6) is -1.13. The summed E-state index contributed by atoms with van der Waals surface area (Å²) in [5.41, 5.74) is 0.481. The highest BCUT2D eigenvalue weighted by atomic mass is 16.5. The number of rotatable bonds is 7. The van der Waals surface area contributed by atoms with Crippen LogP contribution in [0.15, 0.2) is 24.3 Å². The van der Waals surface area contributed by atoms with Gasteiger partial charge in [-0.25, -0.2) is 0 Å². The van der Waals surface area contributed by atoms with Crippen LogP contribution in [-0.4, -0.2) is 54.8 Å². The molecule has 0 spiro atoms. The number of benzene rings is 1. The second-order valence-electron chi connectivity index (χ2n) is 5.90. The molecule has 2 rings (SSSR count). The van der Waals surface area contributed by atoms with Crippen LogP contribution in [0.3, 0.4) is 0 Å². The van der Waals surface area contributed by atoms with Crippen LogP contribution >= 0.6 is 0 Å². The average Bonchev–Trinajstić information content (AvgIpc) is 3.05. The Labute approximate surface area is 136 Å². The third-order valence-electron chi connectivity index (χ3n) is 3.86. The van der Waals surface area contributed by atoms with Crippen LogP contribution in [-0.2, 0) is 9.53 Å². The molecule has 0 aromatic heterocycles. The first-order valence-electron chi connectivity index (χ1n) is 7.80. The maximum atomic E-state index is 12.4. The molecule has 0 radical (unpaired) electrons. The van der Waals surface area contributed by atoms with Crippen molar-refractivity contribution in [3.63, 3.8) is 0 Å². The SMILES string of the molecule is C[C@H](CN(C)C(=O)c1cccc(OC[C@H]2CCCO2)c1)C(=O)O. The standard InChI is InChI=1S/C17H23NO5/c1-12(17(20)21)10-18(2)16(19)13-5-3-6-14(9-13)23-11-15-7-4-8-22-15/h3,5-6,9,12,15H,4,7-8,10-11H2,1-2H3,(H,20,21)/t12-,15-/m1/s1. The number of carboxylic acid groups (broad SMARTS) is 1. The maximum absolute atomic E-state index is 12.4. The normalized spacial score (nSPS) is 18.4. The maximum Gasteiger partial charge on any atom is 0.308 e. The van der Waals surface area contributed by atoms with Crippen LogP contribution in [0.25, 0.3) is 0 Å². The zero-order valence-electron chi connectivity index (χ0n) is 13.5. The van der Waals surface area contributed by atoms with Crippen molar-refractivity contribution < 1.29 is 24.2 Å². The van der Waals surface area contributed by atoms with Crippen LogP contribution in [0.2, 0.25) is 0 Å². The molecule has 1 aromatic carbocycles. The van der Waals surface area contributed by atoms with Crippen molar-refractivity contribution in [2.75, 3.05) is 26.8 Å². The minimum absolute atomic E-state index is 0.119. The number of carbonyl (C=O) groups is 2. The third kappa shape index (κ3) is 4.96. The quantitative estimate of drug-likeness (QED) is 0.831. The van der Waals surface area contributed by atoms with Crippen LogP contribution < -0.4 is 4.74 Å². The summed E-state index contributed by atoms with van der Waals surface area (Å²) in [6.45, 7) is 2.99. The molecule has 0 bridgehead atoms. The van der Waals surface area contributed by atoms with Crippen molar-refractivity contribution in [3.8, 4) is 5.75 Å². The van der Waals surface area contributed by atoms with E-state index in [0.29, 0.717) is 17.9 Å². The molecule has 23 heavy (non-hydrogen) atoms. The van der Waals surface area contributed by atoms with Gasteiger partial charge in [-0.1, -0.05) is 13.0 Å². The van der Waals surface area contributed by atoms with Crippen LogP contribution in [0.4, 0.5) is 0 Å². The van der Waals surface area contributed by atoms with Gasteiger partial charge in [0.25, 0.3) is 5.91 Å². The molecule has 1 fully saturated rings. The number of carbonyl (C=O) groups excluding carboxylic acids is 1. The predicted octanol–water partition coefficient (Wildman–Crippen LogP) is 2.04. The van der Waals surface area contributed by atoms with Crippen LogP contribution in [0, 0.1) is 5.92 Å². The summed E-state index contributed by atoms with van der Waals surface area (Å²) in [5, 5.41) is 8.93. The van der Waals surface area contributed by atoms with Gasteiger partial charge in [-0.15, -0.1) is 0 Å². The lowest BCUT2D eigenvalue weighted by Crippen LogP contribution is -2.33. The van der Waals surface area contributed by atoms with E-state index in [0.717, 1.165) is 19.4 Å². The molecule has 0 aliphatic carbocycles. The van der Waals surface area contributed by atoms with E-state index in [1.807, 2.05) is 0 Å². The van der Waals surface area contributed by atoms with E-state index < -0.39 is 11.9 Å². The van der Waals surface area contributed by atoms with E-state index >= 15 is 0 Å². The Balaban J connectivity index is 1.94. The van der Waals surface area contributed by atoms with Crippen LogP contribution in [0.1, 0.15) is 30.1 Å². The Morgan fingerprint density at radius 3 is 2.91 bits per heavy atom. The second-order valence-corrected chi connectivity index (χ2v) is 5.90. The molecular weight excluding hydrogens is 298 g/mol. The molecule has 1 aromatic rings. The lowest BCUT2D eigenvalue weighted by molar-refractivity contribution is -0.141. The molecule has 1 aliphatic rings. The number of hydrogen-bond acceptors (Lipinski definition) is 4. The smallest absolute Gasteiger partial charge is 0.308 e. The lowest BCUT2D eigenvalue weighted by atomic mass is 10.1. The highest BCUT2D eigenvalue weighted by Gasteiger charge is 2.19. The van der Waals surface area contributed by atoms with Gasteiger partial charge in [-0.05, 0) is 31.0 Å². The highest BCUT2D eigenvalue weighted by molar-refractivity contribution is 5.94. The van der Waals surface area contributed by atoms with Gasteiger partial charge < -0.3 is 19.5 Å². The number of aliphatic carboxylic acids is 1. The monoisotopic (exact) mass is 321 g/mol. The van der Waals surface area contributed by atoms with Crippen molar-refractivity contribution in [3.05, 3.63) is 29.8 Å². The molecule has 1 amide bonds. The molecule has 1 N–H and O–H groups in total. The van der Waals surface area contributed by atoms with Gasteiger partial charge in [0.05, 0.1) is 12.0 Å². The lowest BCUT2D eigenvalue weighted by Gasteiger charge is -2.20. The van der Waals surface area contributed by atoms with Crippen molar-refractivity contribution in [1.29, 1.82) is 0 Å². The fourth-order valence-electron chi connectivity index (χ4n) is 2.48. The molecule has 6 heteroatoms. The van der Waals surface area contributed by atoms with Crippen LogP contribution in [0.5, 0.6) is 5.75 Å². The first-order valence-corrected chi connectivity index (χ1v) is 7.80. The summed E-state index contributed by atoms with van der Waals surface area (Å²) >= 11 is 0. The number of ether oxygens (including phenoxy) is 2. The number of carboxylic acids is 1. The topological polar surface area (TPSA) is 76.1 Å². The van der Waals surface area contributed by atoms with Gasteiger partial charge in [-0.2, -0.15) is 0 Å². The zero-order valence-corrected chi connectivity index (χ0v) is 13.5. The Morgan fingerprint density at radius 2 is 2.26 bits per heavy atom. The van der Waals surface area contributed by atoms with Gasteiger partial charge in [0.2, 0.25) is 0 Å². The van der Waals surface area contributed by atoms with Crippen molar-refractivity contribution in [2.45, 2.75) is 25.9 Å². The Kier molecular flexibility index (Phi) is 5.98. The highest BCUT2D eigenvalue weighted by Crippen LogP contribution is 2.18. The number of amides is 1. The van der Waals surface area contributed by atoms with E-state index in [2.05, 4.69) is 0 Å². The Hall–Kier alpha value is -2.08. The molecule has 0 saturated carbocycles. The fraction of sp³-hybridized carbons (Fsp3) is 0.529. The summed E-state index contributed by atoms with van der Waals surface area (Å²) < 4.78 is 11.2. The minimum atomic E-state index is -0.918. The molecule has 126 valence electrons. The van der Waals surface area contributed by atoms with Gasteiger partial charge in [0.15, 0.2) is 0 Å². The van der Waals surface area contributed by atoms with Crippen molar-refractivity contribution >= 4 is 11.9 Å². The zero-order chi connectivity index (χ0) is 16.8. The second kappa shape index (κ2) is 7.97. The van der Waals surface area contributed by atoms with Gasteiger partial charge >= 0.3 is 5.97 Å². The minimum Gasteiger partial charge on any atom is -0.491 e. The Bertz CT molecular complexity index is 554. The largest absolute Gasteiger partial charge is 0.491 e. The molecule has 1 heterocycles. The summed E-state index contributed by atoms with van der Waals surface area (Å²) in [6.07, 6.45) is 2.17. The van der Waals surface area contributed by atoms with Crippen molar-refractivity contribution in [2.24, 2.45) is 5.92 Å². The first-order chi connectivity index (χ1) is 11.0. The van der Waals surface area contributed by atoms with Gasteiger partial charge in [-0.3, -0.25) is 9.59 Å². The predicted molar refractivity (Wildman–Crippen MR) is 84.7 cm³/mol. The fourth-order valence-corrected chi connectivity index (χ4v) is 2.48. The van der Waals surface area contributed by atoms with Gasteiger partial charge in [0, 0.05) is 25.8 Å². The third-order valence-corrected chi connectivity index (χ3v) is 3.86. The molecule has 1 aliphatic heterocycles. The van der Waals surface area contributed by atoms with Gasteiger partial charge in [0.1, 0.15) is 12.4 Å². The molecule has 0 unspecified atom stereocenters. The van der Waals surface area contributed by atoms with E-state index in [1.165, 1.54) is 4.90 Å². The van der Waals surface area contributed by atoms with E-state index in [1.54, 1.807) is 38.2 Å². The van der Waals surface area contributed by atoms with E-state index in [-0.39, 0.29) is 18.6 Å². The summed E-state index contributed by atoms with van der Waals surface area (Å²) in [7, 11) is 1.60. The average molecular weight is 321 g/mol. The summed E-state index contributed by atoms with van der Waals surface area (Å²) in [6, 6.07) is 6.93. The Morgan fingerprint density at radius 1 is 1.48 bits per heavy atom. The summed E-state index contributed by atoms with van der Waals surface area (Å²) in [4.78, 5) is 24.7. The molecule has 6 nitrogen and oxygen atoms in total. The number of nitrogens with zero attached hydrogens (tertiary/aromatic N) is 1. The van der Waals surface area contributed by atoms with E-state index in [9.17, 15) is 9.59 Å².